The molecule has 8 heteroatoms. The smallest absolute Gasteiger partial charge is 0.326 e. The molecule has 1 unspecified atom stereocenters. The Morgan fingerprint density at radius 1 is 1.28 bits per heavy atom. The van der Waals surface area contributed by atoms with Crippen molar-refractivity contribution in [2.45, 2.75) is 26.8 Å². The number of hydrogen-bond acceptors (Lipinski definition) is 4. The van der Waals surface area contributed by atoms with Gasteiger partial charge in [0.05, 0.1) is 5.75 Å². The molecule has 0 aliphatic rings. The Hall–Kier alpha value is -1.31. The van der Waals surface area contributed by atoms with Crippen molar-refractivity contribution in [3.05, 3.63) is 0 Å². The summed E-state index contributed by atoms with van der Waals surface area (Å²) in [5.74, 6) is -1.52. The lowest BCUT2D eigenvalue weighted by Crippen LogP contribution is -2.49. The zero-order valence-electron chi connectivity index (χ0n) is 10.8. The lowest BCUT2D eigenvalue weighted by atomic mass is 10.1. The second-order valence-corrected chi connectivity index (χ2v) is 6.67. The third kappa shape index (κ3) is 6.43. The summed E-state index contributed by atoms with van der Waals surface area (Å²) in [5.41, 5.74) is 0. The first-order chi connectivity index (χ1) is 8.19. The number of sulfone groups is 1. The van der Waals surface area contributed by atoms with E-state index in [4.69, 9.17) is 5.11 Å². The average Bonchev–Trinajstić information content (AvgIpc) is 2.24. The minimum atomic E-state index is -3.14. The van der Waals surface area contributed by atoms with E-state index in [2.05, 4.69) is 10.6 Å². The van der Waals surface area contributed by atoms with Crippen LogP contribution in [0.2, 0.25) is 0 Å². The lowest BCUT2D eigenvalue weighted by molar-refractivity contribution is -0.140. The van der Waals surface area contributed by atoms with Crippen LogP contribution < -0.4 is 10.6 Å². The van der Waals surface area contributed by atoms with Gasteiger partial charge in [-0.25, -0.2) is 18.0 Å². The number of rotatable bonds is 7. The molecule has 0 saturated carbocycles. The third-order valence-electron chi connectivity index (χ3n) is 2.36. The molecule has 0 fully saturated rings. The molecule has 0 rings (SSSR count). The van der Waals surface area contributed by atoms with E-state index < -0.39 is 27.9 Å². The van der Waals surface area contributed by atoms with Crippen molar-refractivity contribution in [3.63, 3.8) is 0 Å². The summed E-state index contributed by atoms with van der Waals surface area (Å²) >= 11 is 0. The van der Waals surface area contributed by atoms with Crippen LogP contribution in [0.5, 0.6) is 0 Å². The maximum atomic E-state index is 11.4. The highest BCUT2D eigenvalue weighted by Gasteiger charge is 2.23. The van der Waals surface area contributed by atoms with Crippen LogP contribution in [0.1, 0.15) is 20.8 Å². The molecule has 18 heavy (non-hydrogen) atoms. The number of carboxylic acids is 1. The number of amides is 2. The molecule has 0 heterocycles. The predicted octanol–water partition coefficient (Wildman–Crippen LogP) is -0.170. The second kappa shape index (κ2) is 7.20. The van der Waals surface area contributed by atoms with Crippen LogP contribution in [-0.4, -0.2) is 49.6 Å². The van der Waals surface area contributed by atoms with Crippen molar-refractivity contribution in [2.75, 3.05) is 18.1 Å². The molecule has 7 nitrogen and oxygen atoms in total. The number of carboxylic acid groups (broad SMARTS) is 1. The highest BCUT2D eigenvalue weighted by molar-refractivity contribution is 7.91. The van der Waals surface area contributed by atoms with Crippen LogP contribution in [0.25, 0.3) is 0 Å². The number of aliphatic carboxylic acids is 1. The average molecular weight is 280 g/mol. The molecular weight excluding hydrogens is 260 g/mol. The molecular formula is C10H20N2O5S. The number of urea groups is 1. The number of carbonyl (C=O) groups is 2. The maximum absolute atomic E-state index is 11.4. The van der Waals surface area contributed by atoms with Gasteiger partial charge in [-0.05, 0) is 5.92 Å². The standard InChI is InChI=1S/C10H20N2O5S/c1-4-18(16,17)6-5-11-10(15)12-8(7(2)3)9(13)14/h7-8H,4-6H2,1-3H3,(H,13,14)(H2,11,12,15). The van der Waals surface area contributed by atoms with E-state index in [1.54, 1.807) is 13.8 Å². The first-order valence-corrected chi connectivity index (χ1v) is 7.49. The highest BCUT2D eigenvalue weighted by atomic mass is 32.2. The number of hydrogen-bond donors (Lipinski definition) is 3. The van der Waals surface area contributed by atoms with Crippen LogP contribution in [-0.2, 0) is 14.6 Å². The van der Waals surface area contributed by atoms with Crippen LogP contribution >= 0.6 is 0 Å². The van der Waals surface area contributed by atoms with Gasteiger partial charge in [-0.2, -0.15) is 0 Å². The van der Waals surface area contributed by atoms with Gasteiger partial charge in [0.25, 0.3) is 0 Å². The Balaban J connectivity index is 4.16. The number of carbonyl (C=O) groups excluding carboxylic acids is 1. The summed E-state index contributed by atoms with van der Waals surface area (Å²) in [6.45, 7) is 4.82. The minimum Gasteiger partial charge on any atom is -0.480 e. The van der Waals surface area contributed by atoms with E-state index in [1.807, 2.05) is 0 Å². The Morgan fingerprint density at radius 2 is 1.83 bits per heavy atom. The van der Waals surface area contributed by atoms with E-state index in [-0.39, 0.29) is 24.0 Å². The molecule has 0 aliphatic heterocycles. The Bertz CT molecular complexity index is 391. The molecule has 0 aliphatic carbocycles. The van der Waals surface area contributed by atoms with Crippen molar-refractivity contribution >= 4 is 21.8 Å². The van der Waals surface area contributed by atoms with Crippen molar-refractivity contribution in [3.8, 4) is 0 Å². The Labute approximate surface area is 107 Å². The van der Waals surface area contributed by atoms with Gasteiger partial charge in [-0.1, -0.05) is 20.8 Å². The summed E-state index contributed by atoms with van der Waals surface area (Å²) in [5, 5.41) is 13.4. The largest absolute Gasteiger partial charge is 0.480 e. The van der Waals surface area contributed by atoms with Crippen LogP contribution in [0, 0.1) is 5.92 Å². The third-order valence-corrected chi connectivity index (χ3v) is 4.06. The molecule has 2 amide bonds. The molecule has 3 N–H and O–H groups in total. The van der Waals surface area contributed by atoms with Gasteiger partial charge < -0.3 is 15.7 Å². The van der Waals surface area contributed by atoms with Crippen molar-refractivity contribution in [1.82, 2.24) is 10.6 Å². The molecule has 1 atom stereocenters. The zero-order valence-corrected chi connectivity index (χ0v) is 11.6. The normalized spacial score (nSPS) is 13.1. The van der Waals surface area contributed by atoms with Crippen LogP contribution in [0.15, 0.2) is 0 Å². The van der Waals surface area contributed by atoms with Crippen LogP contribution in [0.4, 0.5) is 4.79 Å². The fourth-order valence-corrected chi connectivity index (χ4v) is 1.87. The first-order valence-electron chi connectivity index (χ1n) is 5.67. The molecule has 0 spiro atoms. The van der Waals surface area contributed by atoms with E-state index in [9.17, 15) is 18.0 Å². The minimum absolute atomic E-state index is 0.0139. The lowest BCUT2D eigenvalue weighted by Gasteiger charge is -2.18. The van der Waals surface area contributed by atoms with Gasteiger partial charge in [0.2, 0.25) is 0 Å². The Morgan fingerprint density at radius 3 is 2.22 bits per heavy atom. The van der Waals surface area contributed by atoms with E-state index in [1.165, 1.54) is 6.92 Å². The van der Waals surface area contributed by atoms with Gasteiger partial charge >= 0.3 is 12.0 Å². The summed E-state index contributed by atoms with van der Waals surface area (Å²) in [7, 11) is -3.14. The van der Waals surface area contributed by atoms with E-state index >= 15 is 0 Å². The molecule has 0 aromatic rings. The summed E-state index contributed by atoms with van der Waals surface area (Å²) < 4.78 is 22.3. The quantitative estimate of drug-likeness (QED) is 0.599. The van der Waals surface area contributed by atoms with E-state index in [0.717, 1.165) is 0 Å². The molecule has 0 bridgehead atoms. The van der Waals surface area contributed by atoms with E-state index in [0.29, 0.717) is 0 Å². The molecule has 0 aromatic carbocycles. The monoisotopic (exact) mass is 280 g/mol. The molecule has 106 valence electrons. The fraction of sp³-hybridized carbons (Fsp3) is 0.800. The number of nitrogens with one attached hydrogen (secondary N) is 2. The second-order valence-electron chi connectivity index (χ2n) is 4.20. The predicted molar refractivity (Wildman–Crippen MR) is 67.1 cm³/mol. The topological polar surface area (TPSA) is 113 Å². The Kier molecular flexibility index (Phi) is 6.67. The van der Waals surface area contributed by atoms with Gasteiger partial charge in [0.1, 0.15) is 6.04 Å². The SMILES string of the molecule is CCS(=O)(=O)CCNC(=O)NC(C(=O)O)C(C)C. The van der Waals surface area contributed by atoms with Crippen molar-refractivity contribution in [1.29, 1.82) is 0 Å². The van der Waals surface area contributed by atoms with Crippen LogP contribution in [0.3, 0.4) is 0 Å². The fourth-order valence-electron chi connectivity index (χ4n) is 1.17. The van der Waals surface area contributed by atoms with Gasteiger partial charge in [-0.3, -0.25) is 0 Å². The van der Waals surface area contributed by atoms with Gasteiger partial charge in [0.15, 0.2) is 9.84 Å². The first kappa shape index (κ1) is 16.7. The summed E-state index contributed by atoms with van der Waals surface area (Å²) in [4.78, 5) is 22.2. The summed E-state index contributed by atoms with van der Waals surface area (Å²) in [6.07, 6.45) is 0. The van der Waals surface area contributed by atoms with Gasteiger partial charge in [-0.15, -0.1) is 0 Å². The van der Waals surface area contributed by atoms with Gasteiger partial charge in [0, 0.05) is 12.3 Å². The maximum Gasteiger partial charge on any atom is 0.326 e. The zero-order chi connectivity index (χ0) is 14.3. The highest BCUT2D eigenvalue weighted by Crippen LogP contribution is 2.01. The molecule has 0 aromatic heterocycles. The molecule has 0 saturated heterocycles. The summed E-state index contributed by atoms with van der Waals surface area (Å²) in [6, 6.07) is -1.67. The van der Waals surface area contributed by atoms with Crippen molar-refractivity contribution in [2.24, 2.45) is 5.92 Å². The van der Waals surface area contributed by atoms with Crippen molar-refractivity contribution < 1.29 is 23.1 Å². The molecule has 0 radical (unpaired) electrons.